The van der Waals surface area contributed by atoms with Crippen molar-refractivity contribution in [2.75, 3.05) is 32.8 Å². The number of nitrogens with zero attached hydrogens (tertiary/aromatic N) is 2. The summed E-state index contributed by atoms with van der Waals surface area (Å²) in [5, 5.41) is 3.13. The van der Waals surface area contributed by atoms with Gasteiger partial charge < -0.3 is 4.74 Å². The molecule has 1 aromatic carbocycles. The third-order valence-electron chi connectivity index (χ3n) is 3.93. The second-order valence-electron chi connectivity index (χ2n) is 5.45. The Morgan fingerprint density at radius 1 is 1.10 bits per heavy atom. The number of hydrogen-bond acceptors (Lipinski definition) is 4. The first-order valence-corrected chi connectivity index (χ1v) is 8.59. The molecule has 0 amide bonds. The summed E-state index contributed by atoms with van der Waals surface area (Å²) in [4.78, 5) is 6.86. The van der Waals surface area contributed by atoms with E-state index in [-0.39, 0.29) is 0 Å². The first-order chi connectivity index (χ1) is 10.4. The Labute approximate surface area is 130 Å². The minimum absolute atomic E-state index is 0.901. The van der Waals surface area contributed by atoms with E-state index in [2.05, 4.69) is 34.1 Å². The smallest absolute Gasteiger partial charge is 0.123 e. The molecule has 0 saturated carbocycles. The molecule has 1 aliphatic heterocycles. The highest BCUT2D eigenvalue weighted by Gasteiger charge is 2.09. The van der Waals surface area contributed by atoms with Crippen LogP contribution >= 0.6 is 11.3 Å². The summed E-state index contributed by atoms with van der Waals surface area (Å²) >= 11 is 1.69. The van der Waals surface area contributed by atoms with Crippen LogP contribution < -0.4 is 0 Å². The molecule has 0 spiro atoms. The van der Waals surface area contributed by atoms with Gasteiger partial charge in [0.2, 0.25) is 0 Å². The van der Waals surface area contributed by atoms with Gasteiger partial charge in [-0.15, -0.1) is 11.3 Å². The van der Waals surface area contributed by atoms with Crippen LogP contribution in [-0.2, 0) is 11.2 Å². The summed E-state index contributed by atoms with van der Waals surface area (Å²) in [5.41, 5.74) is 2.65. The van der Waals surface area contributed by atoms with E-state index < -0.39 is 0 Å². The van der Waals surface area contributed by atoms with Gasteiger partial charge in [0.25, 0.3) is 0 Å². The van der Waals surface area contributed by atoms with Crippen molar-refractivity contribution in [2.24, 2.45) is 0 Å². The second-order valence-corrected chi connectivity index (χ2v) is 6.34. The van der Waals surface area contributed by atoms with E-state index in [4.69, 9.17) is 4.74 Å². The summed E-state index contributed by atoms with van der Waals surface area (Å²) in [5.74, 6) is 0. The summed E-state index contributed by atoms with van der Waals surface area (Å²) < 4.78 is 5.37. The lowest BCUT2D eigenvalue weighted by Gasteiger charge is -2.26. The standard InChI is InChI=1S/C17H22N2OS/c1(2-9-19-10-12-20-13-11-19)3-15-4-6-16(7-5-15)17-18-8-14-21-17/h4-8,14H,1-3,9-13H2. The molecule has 2 heterocycles. The van der Waals surface area contributed by atoms with Crippen molar-refractivity contribution < 1.29 is 4.74 Å². The quantitative estimate of drug-likeness (QED) is 0.764. The molecule has 4 heteroatoms. The number of benzene rings is 1. The summed E-state index contributed by atoms with van der Waals surface area (Å²) in [6.07, 6.45) is 5.56. The number of aromatic nitrogens is 1. The van der Waals surface area contributed by atoms with E-state index in [0.717, 1.165) is 31.3 Å². The van der Waals surface area contributed by atoms with Crippen molar-refractivity contribution in [2.45, 2.75) is 19.3 Å². The van der Waals surface area contributed by atoms with Crippen LogP contribution in [0.1, 0.15) is 18.4 Å². The van der Waals surface area contributed by atoms with Crippen molar-refractivity contribution in [3.63, 3.8) is 0 Å². The lowest BCUT2D eigenvalue weighted by Crippen LogP contribution is -2.36. The predicted molar refractivity (Wildman–Crippen MR) is 87.7 cm³/mol. The van der Waals surface area contributed by atoms with Gasteiger partial charge in [0.1, 0.15) is 5.01 Å². The molecule has 3 nitrogen and oxygen atoms in total. The van der Waals surface area contributed by atoms with Gasteiger partial charge >= 0.3 is 0 Å². The zero-order valence-corrected chi connectivity index (χ0v) is 13.1. The normalized spacial score (nSPS) is 16.2. The third-order valence-corrected chi connectivity index (χ3v) is 4.75. The van der Waals surface area contributed by atoms with Crippen LogP contribution in [0.5, 0.6) is 0 Å². The van der Waals surface area contributed by atoms with E-state index in [1.54, 1.807) is 11.3 Å². The van der Waals surface area contributed by atoms with Gasteiger partial charge in [0.15, 0.2) is 0 Å². The lowest BCUT2D eigenvalue weighted by atomic mass is 10.1. The molecule has 21 heavy (non-hydrogen) atoms. The maximum atomic E-state index is 5.37. The Kier molecular flexibility index (Phi) is 5.38. The van der Waals surface area contributed by atoms with Crippen LogP contribution in [0, 0.1) is 0 Å². The second kappa shape index (κ2) is 7.69. The molecule has 0 radical (unpaired) electrons. The molecular formula is C17H22N2OS. The molecule has 0 aliphatic carbocycles. The largest absolute Gasteiger partial charge is 0.379 e. The number of rotatable bonds is 6. The van der Waals surface area contributed by atoms with Gasteiger partial charge in [-0.05, 0) is 31.4 Å². The lowest BCUT2D eigenvalue weighted by molar-refractivity contribution is 0.0372. The van der Waals surface area contributed by atoms with Gasteiger partial charge in [-0.25, -0.2) is 4.98 Å². The van der Waals surface area contributed by atoms with Gasteiger partial charge in [-0.2, -0.15) is 0 Å². The van der Waals surface area contributed by atoms with E-state index in [1.807, 2.05) is 11.6 Å². The number of thiazole rings is 1. The Bertz CT molecular complexity index is 518. The highest BCUT2D eigenvalue weighted by molar-refractivity contribution is 7.13. The zero-order chi connectivity index (χ0) is 14.3. The average molecular weight is 302 g/mol. The third kappa shape index (κ3) is 4.37. The van der Waals surface area contributed by atoms with Crippen LogP contribution in [0.4, 0.5) is 0 Å². The van der Waals surface area contributed by atoms with E-state index in [1.165, 1.54) is 36.9 Å². The zero-order valence-electron chi connectivity index (χ0n) is 12.3. The minimum Gasteiger partial charge on any atom is -0.379 e. The van der Waals surface area contributed by atoms with Crippen LogP contribution in [0.15, 0.2) is 35.8 Å². The highest BCUT2D eigenvalue weighted by Crippen LogP contribution is 2.22. The molecule has 1 fully saturated rings. The van der Waals surface area contributed by atoms with E-state index in [9.17, 15) is 0 Å². The highest BCUT2D eigenvalue weighted by atomic mass is 32.1. The van der Waals surface area contributed by atoms with Gasteiger partial charge in [-0.3, -0.25) is 4.90 Å². The fraction of sp³-hybridized carbons (Fsp3) is 0.471. The van der Waals surface area contributed by atoms with Crippen molar-refractivity contribution in [1.82, 2.24) is 9.88 Å². The van der Waals surface area contributed by atoms with Crippen molar-refractivity contribution in [3.05, 3.63) is 41.4 Å². The molecule has 1 aromatic heterocycles. The number of hydrogen-bond donors (Lipinski definition) is 0. The fourth-order valence-electron chi connectivity index (χ4n) is 2.67. The number of ether oxygens (including phenoxy) is 1. The van der Waals surface area contributed by atoms with Crippen LogP contribution in [0.3, 0.4) is 0 Å². The maximum absolute atomic E-state index is 5.37. The van der Waals surface area contributed by atoms with E-state index in [0.29, 0.717) is 0 Å². The van der Waals surface area contributed by atoms with Crippen molar-refractivity contribution in [1.29, 1.82) is 0 Å². The predicted octanol–water partition coefficient (Wildman–Crippen LogP) is 3.47. The number of unbranched alkanes of at least 4 members (excludes halogenated alkanes) is 1. The van der Waals surface area contributed by atoms with Gasteiger partial charge in [-0.1, -0.05) is 24.3 Å². The van der Waals surface area contributed by atoms with Crippen LogP contribution in [-0.4, -0.2) is 42.7 Å². The molecule has 0 bridgehead atoms. The van der Waals surface area contributed by atoms with Gasteiger partial charge in [0.05, 0.1) is 13.2 Å². The Hall–Kier alpha value is -1.23. The average Bonchev–Trinajstić information content (AvgIpc) is 3.08. The summed E-state index contributed by atoms with van der Waals surface area (Å²) in [7, 11) is 0. The molecule has 2 aromatic rings. The Morgan fingerprint density at radius 2 is 1.90 bits per heavy atom. The minimum atomic E-state index is 0.901. The molecular weight excluding hydrogens is 280 g/mol. The topological polar surface area (TPSA) is 25.4 Å². The summed E-state index contributed by atoms with van der Waals surface area (Å²) in [6.45, 7) is 5.21. The molecule has 0 unspecified atom stereocenters. The molecule has 0 atom stereocenters. The molecule has 0 N–H and O–H groups in total. The van der Waals surface area contributed by atoms with Crippen LogP contribution in [0.25, 0.3) is 10.6 Å². The first-order valence-electron chi connectivity index (χ1n) is 7.71. The molecule has 112 valence electrons. The molecule has 1 saturated heterocycles. The van der Waals surface area contributed by atoms with Gasteiger partial charge in [0, 0.05) is 30.2 Å². The summed E-state index contributed by atoms with van der Waals surface area (Å²) in [6, 6.07) is 8.86. The van der Waals surface area contributed by atoms with Crippen molar-refractivity contribution >= 4 is 11.3 Å². The van der Waals surface area contributed by atoms with E-state index >= 15 is 0 Å². The van der Waals surface area contributed by atoms with Crippen LogP contribution in [0.2, 0.25) is 0 Å². The Morgan fingerprint density at radius 3 is 2.62 bits per heavy atom. The SMILES string of the molecule is c1csc(-c2ccc(CCCCN3CCOCC3)cc2)n1. The monoisotopic (exact) mass is 302 g/mol. The molecule has 1 aliphatic rings. The fourth-order valence-corrected chi connectivity index (χ4v) is 3.31. The molecule has 3 rings (SSSR count). The Balaban J connectivity index is 1.41. The van der Waals surface area contributed by atoms with Crippen molar-refractivity contribution in [3.8, 4) is 10.6 Å². The first kappa shape index (κ1) is 14.7. The number of morpholine rings is 1. The maximum Gasteiger partial charge on any atom is 0.123 e. The number of aryl methyl sites for hydroxylation is 1.